The van der Waals surface area contributed by atoms with Crippen LogP contribution in [-0.2, 0) is 19.0 Å². The van der Waals surface area contributed by atoms with Crippen LogP contribution in [0.3, 0.4) is 0 Å². The second-order valence-corrected chi connectivity index (χ2v) is 9.32. The fraction of sp³-hybridized carbons (Fsp3) is 0.864. The molecule has 26 heavy (non-hydrogen) atoms. The summed E-state index contributed by atoms with van der Waals surface area (Å²) in [6.07, 6.45) is 14.8. The van der Waals surface area contributed by atoms with Gasteiger partial charge in [0.2, 0.25) is 0 Å². The molecule has 4 aliphatic carbocycles. The number of fused-ring (bicyclic) bond motifs is 9. The first kappa shape index (κ1) is 17.2. The van der Waals surface area contributed by atoms with E-state index in [-0.39, 0.29) is 12.1 Å². The Hall–Kier alpha value is -0.870. The molecule has 4 fully saturated rings. The summed E-state index contributed by atoms with van der Waals surface area (Å²) < 4.78 is 15.6. The van der Waals surface area contributed by atoms with Gasteiger partial charge < -0.3 is 14.2 Å². The molecule has 3 saturated carbocycles. The zero-order valence-corrected chi connectivity index (χ0v) is 15.7. The van der Waals surface area contributed by atoms with Gasteiger partial charge >= 0.3 is 5.97 Å². The largest absolute Gasteiger partial charge is 0.463 e. The molecule has 4 bridgehead atoms. The van der Waals surface area contributed by atoms with Crippen LogP contribution in [0.1, 0.15) is 51.4 Å². The second kappa shape index (κ2) is 7.27. The lowest BCUT2D eigenvalue weighted by Gasteiger charge is -2.36. The molecule has 144 valence electrons. The molecule has 0 N–H and O–H groups in total. The standard InChI is InChI=1S/C22H32O4/c23-20(25-12-18-11-24-13-26-18)5-3-1-2-4-14-8-17-10-19(14)22-16-7-6-15(9-16)21(17)22/h6-7,14-19,21-22H,1-5,8-13H2. The first-order valence-electron chi connectivity index (χ1n) is 10.8. The second-order valence-electron chi connectivity index (χ2n) is 9.32. The molecular formula is C22H32O4. The Kier molecular flexibility index (Phi) is 4.82. The number of carbonyl (C=O) groups excluding carboxylic acids is 1. The molecule has 5 aliphatic rings. The Morgan fingerprint density at radius 2 is 1.92 bits per heavy atom. The van der Waals surface area contributed by atoms with Gasteiger partial charge in [-0.1, -0.05) is 31.4 Å². The molecular weight excluding hydrogens is 328 g/mol. The van der Waals surface area contributed by atoms with Crippen molar-refractivity contribution in [2.75, 3.05) is 20.0 Å². The third-order valence-electron chi connectivity index (χ3n) is 7.98. The highest BCUT2D eigenvalue weighted by Gasteiger charge is 2.60. The van der Waals surface area contributed by atoms with Crippen molar-refractivity contribution in [1.29, 1.82) is 0 Å². The Balaban J connectivity index is 0.977. The molecule has 1 saturated heterocycles. The number of unbranched alkanes of at least 4 members (excludes halogenated alkanes) is 2. The molecule has 0 aromatic heterocycles. The van der Waals surface area contributed by atoms with Crippen LogP contribution >= 0.6 is 0 Å². The molecule has 8 atom stereocenters. The predicted octanol–water partition coefficient (Wildman–Crippen LogP) is 3.95. The maximum absolute atomic E-state index is 11.8. The van der Waals surface area contributed by atoms with Crippen LogP contribution in [0.4, 0.5) is 0 Å². The lowest BCUT2D eigenvalue weighted by molar-refractivity contribution is -0.146. The maximum Gasteiger partial charge on any atom is 0.305 e. The van der Waals surface area contributed by atoms with E-state index in [4.69, 9.17) is 14.2 Å². The summed E-state index contributed by atoms with van der Waals surface area (Å²) in [6.45, 7) is 1.20. The number of carbonyl (C=O) groups is 1. The highest BCUT2D eigenvalue weighted by atomic mass is 16.7. The summed E-state index contributed by atoms with van der Waals surface area (Å²) in [5.74, 6) is 6.88. The summed E-state index contributed by atoms with van der Waals surface area (Å²) >= 11 is 0. The van der Waals surface area contributed by atoms with Crippen LogP contribution in [0.25, 0.3) is 0 Å². The van der Waals surface area contributed by atoms with Crippen LogP contribution in [0.5, 0.6) is 0 Å². The van der Waals surface area contributed by atoms with E-state index in [2.05, 4.69) is 12.2 Å². The number of allylic oxidation sites excluding steroid dienone is 2. The van der Waals surface area contributed by atoms with Crippen LogP contribution in [0, 0.1) is 41.4 Å². The van der Waals surface area contributed by atoms with Gasteiger partial charge in [-0.05, 0) is 67.1 Å². The van der Waals surface area contributed by atoms with Crippen LogP contribution in [0.15, 0.2) is 12.2 Å². The molecule has 0 spiro atoms. The molecule has 0 aromatic carbocycles. The summed E-state index contributed by atoms with van der Waals surface area (Å²) in [7, 11) is 0. The smallest absolute Gasteiger partial charge is 0.305 e. The average Bonchev–Trinajstić information content (AvgIpc) is 3.45. The fourth-order valence-electron chi connectivity index (χ4n) is 7.06. The van der Waals surface area contributed by atoms with Gasteiger partial charge in [0.15, 0.2) is 0 Å². The van der Waals surface area contributed by atoms with E-state index in [1.807, 2.05) is 0 Å². The van der Waals surface area contributed by atoms with Gasteiger partial charge in [-0.25, -0.2) is 0 Å². The minimum Gasteiger partial charge on any atom is -0.463 e. The maximum atomic E-state index is 11.8. The molecule has 1 heterocycles. The Labute approximate surface area is 156 Å². The summed E-state index contributed by atoms with van der Waals surface area (Å²) in [5, 5.41) is 0. The van der Waals surface area contributed by atoms with Gasteiger partial charge in [-0.2, -0.15) is 0 Å². The normalized spacial score (nSPS) is 44.8. The van der Waals surface area contributed by atoms with Crippen molar-refractivity contribution >= 4 is 5.97 Å². The van der Waals surface area contributed by atoms with E-state index in [0.717, 1.165) is 54.3 Å². The molecule has 4 heteroatoms. The van der Waals surface area contributed by atoms with Crippen molar-refractivity contribution in [3.05, 3.63) is 12.2 Å². The molecule has 0 amide bonds. The molecule has 4 nitrogen and oxygen atoms in total. The van der Waals surface area contributed by atoms with Gasteiger partial charge in [0, 0.05) is 6.42 Å². The molecule has 5 rings (SSSR count). The van der Waals surface area contributed by atoms with Gasteiger partial charge in [-0.15, -0.1) is 0 Å². The first-order chi connectivity index (χ1) is 12.8. The first-order valence-corrected chi connectivity index (χ1v) is 10.8. The monoisotopic (exact) mass is 360 g/mol. The van der Waals surface area contributed by atoms with Crippen LogP contribution < -0.4 is 0 Å². The highest BCUT2D eigenvalue weighted by molar-refractivity contribution is 5.69. The van der Waals surface area contributed by atoms with Crippen molar-refractivity contribution in [2.45, 2.75) is 57.5 Å². The number of esters is 1. The van der Waals surface area contributed by atoms with Crippen molar-refractivity contribution in [1.82, 2.24) is 0 Å². The number of ether oxygens (including phenoxy) is 3. The summed E-state index contributed by atoms with van der Waals surface area (Å²) in [5.41, 5.74) is 0. The zero-order valence-electron chi connectivity index (χ0n) is 15.7. The number of rotatable bonds is 8. The lowest BCUT2D eigenvalue weighted by Crippen LogP contribution is -2.30. The summed E-state index contributed by atoms with van der Waals surface area (Å²) in [4.78, 5) is 11.8. The molecule has 0 aromatic rings. The lowest BCUT2D eigenvalue weighted by atomic mass is 9.68. The zero-order chi connectivity index (χ0) is 17.5. The third kappa shape index (κ3) is 3.13. The van der Waals surface area contributed by atoms with E-state index in [1.165, 1.54) is 32.1 Å². The highest BCUT2D eigenvalue weighted by Crippen LogP contribution is 2.67. The van der Waals surface area contributed by atoms with Gasteiger partial charge in [0.25, 0.3) is 0 Å². The van der Waals surface area contributed by atoms with Gasteiger partial charge in [0.05, 0.1) is 6.61 Å². The van der Waals surface area contributed by atoms with E-state index in [9.17, 15) is 4.79 Å². The Bertz CT molecular complexity index is 552. The van der Waals surface area contributed by atoms with Crippen molar-refractivity contribution in [3.63, 3.8) is 0 Å². The minimum absolute atomic E-state index is 0.0683. The SMILES string of the molecule is O=C(CCCCCC1CC2CC1C1C3C=CC(C3)C21)OCC1COCO1. The quantitative estimate of drug-likeness (QED) is 0.285. The third-order valence-corrected chi connectivity index (χ3v) is 7.98. The molecule has 0 radical (unpaired) electrons. The van der Waals surface area contributed by atoms with Crippen molar-refractivity contribution in [2.24, 2.45) is 41.4 Å². The Morgan fingerprint density at radius 3 is 2.77 bits per heavy atom. The van der Waals surface area contributed by atoms with E-state index in [0.29, 0.717) is 26.4 Å². The minimum atomic E-state index is -0.0861. The number of hydrogen-bond donors (Lipinski definition) is 0. The van der Waals surface area contributed by atoms with E-state index >= 15 is 0 Å². The van der Waals surface area contributed by atoms with Crippen LogP contribution in [-0.4, -0.2) is 32.1 Å². The average molecular weight is 360 g/mol. The van der Waals surface area contributed by atoms with Crippen molar-refractivity contribution in [3.8, 4) is 0 Å². The van der Waals surface area contributed by atoms with Crippen LogP contribution in [0.2, 0.25) is 0 Å². The van der Waals surface area contributed by atoms with Crippen molar-refractivity contribution < 1.29 is 19.0 Å². The predicted molar refractivity (Wildman–Crippen MR) is 97.2 cm³/mol. The topological polar surface area (TPSA) is 44.8 Å². The fourth-order valence-corrected chi connectivity index (χ4v) is 7.06. The Morgan fingerprint density at radius 1 is 1.04 bits per heavy atom. The summed E-state index contributed by atoms with van der Waals surface area (Å²) in [6, 6.07) is 0. The van der Waals surface area contributed by atoms with E-state index in [1.54, 1.807) is 0 Å². The molecule has 1 aliphatic heterocycles. The number of hydrogen-bond acceptors (Lipinski definition) is 4. The molecule has 8 unspecified atom stereocenters. The van der Waals surface area contributed by atoms with E-state index < -0.39 is 0 Å². The van der Waals surface area contributed by atoms with Gasteiger partial charge in [0.1, 0.15) is 19.5 Å². The van der Waals surface area contributed by atoms with Gasteiger partial charge in [-0.3, -0.25) is 4.79 Å².